The minimum absolute atomic E-state index is 0.113. The smallest absolute Gasteiger partial charge is 0.306 e. The molecule has 0 bridgehead atoms. The van der Waals surface area contributed by atoms with Crippen molar-refractivity contribution in [2.45, 2.75) is 232 Å². The maximum Gasteiger partial charge on any atom is 0.306 e. The molecule has 0 aromatic rings. The molecule has 65 heavy (non-hydrogen) atoms. The number of hydrogen-bond donors (Lipinski definition) is 0. The van der Waals surface area contributed by atoms with Gasteiger partial charge in [-0.2, -0.15) is 0 Å². The van der Waals surface area contributed by atoms with E-state index in [-0.39, 0.29) is 37.5 Å². The van der Waals surface area contributed by atoms with Gasteiger partial charge < -0.3 is 14.2 Å². The molecule has 0 N–H and O–H groups in total. The molecular weight excluding hydrogens is 805 g/mol. The van der Waals surface area contributed by atoms with E-state index in [9.17, 15) is 14.4 Å². The Morgan fingerprint density at radius 3 is 1.08 bits per heavy atom. The largest absolute Gasteiger partial charge is 0.462 e. The molecule has 0 rings (SSSR count). The van der Waals surface area contributed by atoms with Crippen LogP contribution in [0.3, 0.4) is 0 Å². The molecule has 0 aromatic carbocycles. The van der Waals surface area contributed by atoms with Gasteiger partial charge in [0.05, 0.1) is 0 Å². The molecule has 368 valence electrons. The SMILES string of the molecule is CC/C=C\C/C=C\C/C=C\C/C=C\C/C=C\C/C=C\CCC(=O)OC[C@H](COC(=O)CCCCCCC/C=C\CCCCCC)OC(=O)CCCCCCC/C=C\C/C=C\CCCCC. The van der Waals surface area contributed by atoms with Crippen LogP contribution in [0.15, 0.2) is 109 Å². The standard InChI is InChI=1S/C59H96O6/c1-4-7-10-13-16-19-22-25-27-28-29-30-32-34-37-40-43-46-49-52-58(61)64-55-56(54-63-57(60)51-48-45-42-39-36-33-24-21-18-15-12-9-6-3)65-59(62)53-50-47-44-41-38-35-31-26-23-20-17-14-11-8-5-2/h7,10,16-17,19-21,24-27,29-31,34,37,43,46,56H,4-6,8-9,11-15,18,22-23,28,32-33,35-36,38-42,44-45,47-55H2,1-3H3/b10-7-,19-16-,20-17-,24-21-,27-25-,30-29-,31-26-,37-34-,46-43-/t56-/m0/s1. The Labute approximate surface area is 400 Å². The predicted molar refractivity (Wildman–Crippen MR) is 279 cm³/mol. The first-order valence-corrected chi connectivity index (χ1v) is 26.4. The van der Waals surface area contributed by atoms with E-state index in [0.717, 1.165) is 116 Å². The van der Waals surface area contributed by atoms with E-state index >= 15 is 0 Å². The second-order valence-corrected chi connectivity index (χ2v) is 17.0. The Balaban J connectivity index is 4.55. The third-order valence-electron chi connectivity index (χ3n) is 10.7. The normalized spacial score (nSPS) is 13.0. The second-order valence-electron chi connectivity index (χ2n) is 17.0. The highest BCUT2D eigenvalue weighted by Gasteiger charge is 2.19. The van der Waals surface area contributed by atoms with Gasteiger partial charge in [-0.1, -0.05) is 201 Å². The van der Waals surface area contributed by atoms with E-state index in [2.05, 4.69) is 118 Å². The van der Waals surface area contributed by atoms with Crippen molar-refractivity contribution in [1.29, 1.82) is 0 Å². The molecule has 0 fully saturated rings. The van der Waals surface area contributed by atoms with Gasteiger partial charge in [0.1, 0.15) is 13.2 Å². The average Bonchev–Trinajstić information content (AvgIpc) is 3.30. The van der Waals surface area contributed by atoms with Crippen LogP contribution in [0, 0.1) is 0 Å². The van der Waals surface area contributed by atoms with E-state index < -0.39 is 6.10 Å². The third-order valence-corrected chi connectivity index (χ3v) is 10.7. The molecule has 0 saturated heterocycles. The van der Waals surface area contributed by atoms with Crippen molar-refractivity contribution < 1.29 is 28.6 Å². The molecular formula is C59H96O6. The minimum Gasteiger partial charge on any atom is -0.462 e. The first kappa shape index (κ1) is 61.1. The first-order chi connectivity index (χ1) is 32.0. The number of carbonyl (C=O) groups is 3. The Kier molecular flexibility index (Phi) is 49.5. The van der Waals surface area contributed by atoms with Crippen molar-refractivity contribution >= 4 is 17.9 Å². The van der Waals surface area contributed by atoms with E-state index in [1.807, 2.05) is 12.2 Å². The lowest BCUT2D eigenvalue weighted by Crippen LogP contribution is -2.30. The van der Waals surface area contributed by atoms with Crippen LogP contribution in [0.2, 0.25) is 0 Å². The van der Waals surface area contributed by atoms with Crippen LogP contribution in [-0.2, 0) is 28.6 Å². The molecule has 0 aliphatic carbocycles. The van der Waals surface area contributed by atoms with Gasteiger partial charge in [-0.3, -0.25) is 14.4 Å². The van der Waals surface area contributed by atoms with Gasteiger partial charge in [-0.25, -0.2) is 0 Å². The van der Waals surface area contributed by atoms with Gasteiger partial charge in [0.2, 0.25) is 0 Å². The predicted octanol–water partition coefficient (Wildman–Crippen LogP) is 17.5. The quantitative estimate of drug-likeness (QED) is 0.0262. The van der Waals surface area contributed by atoms with Gasteiger partial charge in [-0.05, 0) is 116 Å². The summed E-state index contributed by atoms with van der Waals surface area (Å²) in [5, 5.41) is 0. The Morgan fingerprint density at radius 2 is 0.631 bits per heavy atom. The molecule has 6 heteroatoms. The zero-order valence-electron chi connectivity index (χ0n) is 42.0. The molecule has 0 radical (unpaired) electrons. The van der Waals surface area contributed by atoms with Crippen LogP contribution in [-0.4, -0.2) is 37.2 Å². The molecule has 6 nitrogen and oxygen atoms in total. The van der Waals surface area contributed by atoms with Gasteiger partial charge in [0, 0.05) is 19.3 Å². The summed E-state index contributed by atoms with van der Waals surface area (Å²) in [4.78, 5) is 38.0. The number of carbonyl (C=O) groups excluding carboxylic acids is 3. The Bertz CT molecular complexity index is 1360. The van der Waals surface area contributed by atoms with Crippen LogP contribution in [0.1, 0.15) is 226 Å². The summed E-state index contributed by atoms with van der Waals surface area (Å²) in [7, 11) is 0. The zero-order valence-corrected chi connectivity index (χ0v) is 42.0. The highest BCUT2D eigenvalue weighted by molar-refractivity contribution is 5.71. The second kappa shape index (κ2) is 52.7. The van der Waals surface area contributed by atoms with Crippen molar-refractivity contribution in [3.05, 3.63) is 109 Å². The summed E-state index contributed by atoms with van der Waals surface area (Å²) in [6.07, 6.45) is 70.8. The van der Waals surface area contributed by atoms with Crippen molar-refractivity contribution in [3.8, 4) is 0 Å². The van der Waals surface area contributed by atoms with Crippen LogP contribution in [0.5, 0.6) is 0 Å². The monoisotopic (exact) mass is 901 g/mol. The molecule has 0 aromatic heterocycles. The molecule has 0 saturated carbocycles. The summed E-state index contributed by atoms with van der Waals surface area (Å²) in [6.45, 7) is 6.38. The molecule has 1 atom stereocenters. The molecule has 0 amide bonds. The van der Waals surface area contributed by atoms with Crippen molar-refractivity contribution in [2.24, 2.45) is 0 Å². The summed E-state index contributed by atoms with van der Waals surface area (Å²) < 4.78 is 16.7. The van der Waals surface area contributed by atoms with Gasteiger partial charge in [0.25, 0.3) is 0 Å². The van der Waals surface area contributed by atoms with E-state index in [4.69, 9.17) is 14.2 Å². The lowest BCUT2D eigenvalue weighted by molar-refractivity contribution is -0.166. The fourth-order valence-corrected chi connectivity index (χ4v) is 6.79. The first-order valence-electron chi connectivity index (χ1n) is 26.4. The number of rotatable bonds is 46. The van der Waals surface area contributed by atoms with Crippen molar-refractivity contribution in [3.63, 3.8) is 0 Å². The van der Waals surface area contributed by atoms with Gasteiger partial charge in [0.15, 0.2) is 6.10 Å². The maximum atomic E-state index is 12.8. The summed E-state index contributed by atoms with van der Waals surface area (Å²) in [5.41, 5.74) is 0. The Hall–Kier alpha value is -3.93. The zero-order chi connectivity index (χ0) is 47.2. The lowest BCUT2D eigenvalue weighted by atomic mass is 10.1. The number of ether oxygens (including phenoxy) is 3. The third kappa shape index (κ3) is 50.9. The van der Waals surface area contributed by atoms with Gasteiger partial charge in [-0.15, -0.1) is 0 Å². The van der Waals surface area contributed by atoms with Crippen molar-refractivity contribution in [2.75, 3.05) is 13.2 Å². The van der Waals surface area contributed by atoms with E-state index in [1.54, 1.807) is 0 Å². The minimum atomic E-state index is -0.820. The van der Waals surface area contributed by atoms with Crippen LogP contribution in [0.25, 0.3) is 0 Å². The molecule has 0 aliphatic heterocycles. The van der Waals surface area contributed by atoms with E-state index in [1.165, 1.54) is 64.2 Å². The fraction of sp³-hybridized carbons (Fsp3) is 0.644. The van der Waals surface area contributed by atoms with Gasteiger partial charge >= 0.3 is 17.9 Å². The maximum absolute atomic E-state index is 12.8. The average molecular weight is 901 g/mol. The molecule has 0 unspecified atom stereocenters. The van der Waals surface area contributed by atoms with Crippen LogP contribution >= 0.6 is 0 Å². The molecule has 0 heterocycles. The summed E-state index contributed by atoms with van der Waals surface area (Å²) in [6, 6.07) is 0. The number of unbranched alkanes of at least 4 members (excludes halogenated alkanes) is 17. The molecule has 0 spiro atoms. The molecule has 0 aliphatic rings. The number of allylic oxidation sites excluding steroid dienone is 18. The fourth-order valence-electron chi connectivity index (χ4n) is 6.79. The van der Waals surface area contributed by atoms with E-state index in [0.29, 0.717) is 19.3 Å². The Morgan fingerprint density at radius 1 is 0.323 bits per heavy atom. The number of hydrogen-bond acceptors (Lipinski definition) is 6. The number of esters is 3. The van der Waals surface area contributed by atoms with Crippen LogP contribution in [0.4, 0.5) is 0 Å². The lowest BCUT2D eigenvalue weighted by Gasteiger charge is -2.18. The van der Waals surface area contributed by atoms with Crippen LogP contribution < -0.4 is 0 Å². The summed E-state index contributed by atoms with van der Waals surface area (Å²) >= 11 is 0. The van der Waals surface area contributed by atoms with Crippen molar-refractivity contribution in [1.82, 2.24) is 0 Å². The highest BCUT2D eigenvalue weighted by atomic mass is 16.6. The summed E-state index contributed by atoms with van der Waals surface area (Å²) in [5.74, 6) is -1.03. The highest BCUT2D eigenvalue weighted by Crippen LogP contribution is 2.12. The topological polar surface area (TPSA) is 78.9 Å².